The molecule has 6 rings (SSSR count). The maximum Gasteiger partial charge on any atom is 0.335 e. The minimum atomic E-state index is -5.05. The fourth-order valence-electron chi connectivity index (χ4n) is 6.01. The predicted molar refractivity (Wildman–Crippen MR) is 199 cm³/mol. The Balaban J connectivity index is 1.37. The smallest absolute Gasteiger partial charge is 0.335 e. The molecule has 0 aliphatic heterocycles. The molecule has 1 atom stereocenters. The molecule has 1 unspecified atom stereocenters. The van der Waals surface area contributed by atoms with E-state index in [-0.39, 0.29) is 40.6 Å². The third kappa shape index (κ3) is 8.57. The second-order valence-electron chi connectivity index (χ2n) is 14.8. The molecule has 2 fully saturated rings. The number of amides is 1. The number of aryl methyl sites for hydroxylation is 1. The number of alkyl halides is 1. The number of sulfonamides is 1. The van der Waals surface area contributed by atoms with E-state index in [0.717, 1.165) is 28.9 Å². The number of hydrogen-bond donors (Lipinski definition) is 2. The van der Waals surface area contributed by atoms with Gasteiger partial charge in [0.25, 0.3) is 0 Å². The zero-order valence-corrected chi connectivity index (χ0v) is 32.3. The number of hydrogen-bond acceptors (Lipinski definition) is 6. The summed E-state index contributed by atoms with van der Waals surface area (Å²) < 4.78 is 96.4. The van der Waals surface area contributed by atoms with Crippen molar-refractivity contribution in [3.63, 3.8) is 0 Å². The first-order valence-corrected chi connectivity index (χ1v) is 19.8. The minimum absolute atomic E-state index is 0.0236. The Bertz CT molecular complexity index is 2230. The van der Waals surface area contributed by atoms with Crippen LogP contribution < -0.4 is 14.4 Å². The predicted octanol–water partition coefficient (Wildman–Crippen LogP) is 8.82. The van der Waals surface area contributed by atoms with Gasteiger partial charge in [0.05, 0.1) is 28.7 Å². The second-order valence-corrected chi connectivity index (χ2v) is 17.4. The highest BCUT2D eigenvalue weighted by atomic mass is 79.9. The van der Waals surface area contributed by atoms with Gasteiger partial charge >= 0.3 is 5.97 Å². The van der Waals surface area contributed by atoms with Gasteiger partial charge in [-0.25, -0.2) is 30.8 Å². The van der Waals surface area contributed by atoms with Crippen LogP contribution in [-0.2, 0) is 26.8 Å². The van der Waals surface area contributed by atoms with Crippen LogP contribution in [0.25, 0.3) is 0 Å². The largest absolute Gasteiger partial charge is 0.488 e. The summed E-state index contributed by atoms with van der Waals surface area (Å²) in [6.45, 7) is 7.51. The van der Waals surface area contributed by atoms with E-state index in [0.29, 0.717) is 29.9 Å². The maximum absolute atomic E-state index is 15.5. The Morgan fingerprint density at radius 2 is 1.67 bits per heavy atom. The Kier molecular flexibility index (Phi) is 10.9. The molecule has 4 aromatic rings. The molecule has 0 spiro atoms. The minimum Gasteiger partial charge on any atom is -0.488 e. The topological polar surface area (TPSA) is 126 Å². The monoisotopic (exact) mass is 831 g/mol. The molecule has 1 aromatic heterocycles. The zero-order chi connectivity index (χ0) is 39.3. The van der Waals surface area contributed by atoms with Crippen molar-refractivity contribution in [1.82, 2.24) is 4.98 Å². The number of halogens is 5. The van der Waals surface area contributed by atoms with Gasteiger partial charge in [-0.05, 0) is 96.0 Å². The van der Waals surface area contributed by atoms with Crippen molar-refractivity contribution in [2.24, 2.45) is 0 Å². The molecule has 2 aliphatic rings. The summed E-state index contributed by atoms with van der Waals surface area (Å²) in [5.41, 5.74) is 0.369. The van der Waals surface area contributed by atoms with Crippen molar-refractivity contribution in [3.8, 4) is 5.75 Å². The van der Waals surface area contributed by atoms with E-state index in [1.807, 2.05) is 32.9 Å². The summed E-state index contributed by atoms with van der Waals surface area (Å²) in [7, 11) is -5.05. The summed E-state index contributed by atoms with van der Waals surface area (Å²) in [5.74, 6) is -11.1. The SMILES string of the molecule is Cc1ccncc1C(Br)c1c(F)c(F)c(NS(=O)(=O)CC(=O)N(Cc2cc(C3CC3)cc(C(C)(C)C)c2)c2ccc(C(=O)O)cc2OC2CC2)c(F)c1F. The van der Waals surface area contributed by atoms with Crippen LogP contribution >= 0.6 is 15.9 Å². The van der Waals surface area contributed by atoms with Gasteiger partial charge in [-0.1, -0.05) is 54.9 Å². The summed E-state index contributed by atoms with van der Waals surface area (Å²) in [6.07, 6.45) is 5.78. The molecule has 0 radical (unpaired) electrons. The van der Waals surface area contributed by atoms with Gasteiger partial charge in [0, 0.05) is 18.0 Å². The Morgan fingerprint density at radius 1 is 1.00 bits per heavy atom. The van der Waals surface area contributed by atoms with Gasteiger partial charge in [0.15, 0.2) is 23.3 Å². The molecule has 2 aliphatic carbocycles. The number of rotatable bonds is 13. The number of pyridine rings is 1. The average molecular weight is 833 g/mol. The lowest BCUT2D eigenvalue weighted by atomic mass is 9.84. The van der Waals surface area contributed by atoms with Crippen molar-refractivity contribution in [1.29, 1.82) is 0 Å². The van der Waals surface area contributed by atoms with Gasteiger partial charge in [-0.15, -0.1) is 0 Å². The third-order valence-corrected chi connectivity index (χ3v) is 11.5. The Morgan fingerprint density at radius 3 is 2.24 bits per heavy atom. The molecule has 286 valence electrons. The van der Waals surface area contributed by atoms with Crippen LogP contribution in [0.3, 0.4) is 0 Å². The van der Waals surface area contributed by atoms with Gasteiger partial charge in [-0.2, -0.15) is 0 Å². The molecule has 9 nitrogen and oxygen atoms in total. The number of aromatic nitrogens is 1. The van der Waals surface area contributed by atoms with E-state index in [9.17, 15) is 23.1 Å². The van der Waals surface area contributed by atoms with Crippen molar-refractivity contribution in [2.75, 3.05) is 15.4 Å². The maximum atomic E-state index is 15.5. The van der Waals surface area contributed by atoms with E-state index in [4.69, 9.17) is 4.74 Å². The van der Waals surface area contributed by atoms with Gasteiger partial charge in [0.2, 0.25) is 15.9 Å². The lowest BCUT2D eigenvalue weighted by Crippen LogP contribution is -2.38. The first-order chi connectivity index (χ1) is 25.3. The van der Waals surface area contributed by atoms with E-state index in [1.165, 1.54) is 36.7 Å². The normalized spacial score (nSPS) is 15.1. The number of ether oxygens (including phenoxy) is 1. The van der Waals surface area contributed by atoms with E-state index in [1.54, 1.807) is 11.6 Å². The first-order valence-electron chi connectivity index (χ1n) is 17.2. The first kappa shape index (κ1) is 39.2. The molecule has 3 aromatic carbocycles. The van der Waals surface area contributed by atoms with E-state index < -0.39 is 67.0 Å². The molecule has 0 bridgehead atoms. The number of carboxylic acid groups (broad SMARTS) is 1. The molecule has 15 heteroatoms. The quantitative estimate of drug-likeness (QED) is 0.0784. The lowest BCUT2D eigenvalue weighted by molar-refractivity contribution is -0.116. The molecule has 0 saturated heterocycles. The van der Waals surface area contributed by atoms with Gasteiger partial charge in [0.1, 0.15) is 17.2 Å². The highest BCUT2D eigenvalue weighted by molar-refractivity contribution is 9.09. The van der Waals surface area contributed by atoms with Gasteiger partial charge in [-0.3, -0.25) is 14.5 Å². The van der Waals surface area contributed by atoms with Gasteiger partial charge < -0.3 is 14.7 Å². The van der Waals surface area contributed by atoms with Crippen LogP contribution in [0.2, 0.25) is 0 Å². The van der Waals surface area contributed by atoms with Crippen LogP contribution in [0.1, 0.15) is 101 Å². The number of anilines is 2. The standard InChI is InChI=1S/C39H38BrF4N3O6S/c1-20-11-12-45-17-27(20)32(40)31-33(41)35(43)37(36(44)34(31)42)46-54(51,52)19-30(48)47(28-10-7-23(38(49)50)16-29(28)53-26-8-9-26)18-21-13-24(22-5-6-22)15-25(14-21)39(2,3)4/h7,10-17,22,26,32,46H,5-6,8-9,18-19H2,1-4H3,(H,49,50). The summed E-state index contributed by atoms with van der Waals surface area (Å²) in [4.78, 5) is 29.6. The number of nitrogens with one attached hydrogen (secondary N) is 1. The number of benzene rings is 3. The molecular weight excluding hydrogens is 794 g/mol. The number of carboxylic acids is 1. The van der Waals surface area contributed by atoms with Crippen molar-refractivity contribution < 1.29 is 45.4 Å². The summed E-state index contributed by atoms with van der Waals surface area (Å²) >= 11 is 3.08. The highest BCUT2D eigenvalue weighted by Gasteiger charge is 2.35. The highest BCUT2D eigenvalue weighted by Crippen LogP contribution is 2.43. The van der Waals surface area contributed by atoms with Crippen LogP contribution in [0, 0.1) is 30.2 Å². The fourth-order valence-corrected chi connectivity index (χ4v) is 7.93. The third-order valence-electron chi connectivity index (χ3n) is 9.36. The summed E-state index contributed by atoms with van der Waals surface area (Å²) in [5, 5.41) is 9.68. The molecule has 1 amide bonds. The molecule has 1 heterocycles. The Hall–Kier alpha value is -4.50. The fraction of sp³-hybridized carbons (Fsp3) is 0.359. The molecule has 54 heavy (non-hydrogen) atoms. The van der Waals surface area contributed by atoms with E-state index >= 15 is 17.6 Å². The van der Waals surface area contributed by atoms with Crippen LogP contribution in [0.4, 0.5) is 28.9 Å². The lowest BCUT2D eigenvalue weighted by Gasteiger charge is -2.27. The van der Waals surface area contributed by atoms with Crippen molar-refractivity contribution >= 4 is 49.2 Å². The molecule has 2 N–H and O–H groups in total. The van der Waals surface area contributed by atoms with Crippen LogP contribution in [-0.4, -0.2) is 42.2 Å². The average Bonchev–Trinajstić information content (AvgIpc) is 4.04. The summed E-state index contributed by atoms with van der Waals surface area (Å²) in [6, 6.07) is 11.3. The molecule has 2 saturated carbocycles. The van der Waals surface area contributed by atoms with Crippen molar-refractivity contribution in [2.45, 2.75) is 82.2 Å². The number of aromatic carboxylic acids is 1. The van der Waals surface area contributed by atoms with Crippen molar-refractivity contribution in [3.05, 3.63) is 117 Å². The number of carbonyl (C=O) groups is 2. The number of nitrogens with zero attached hydrogens (tertiary/aromatic N) is 2. The van der Waals surface area contributed by atoms with Crippen LogP contribution in [0.5, 0.6) is 5.75 Å². The molecular formula is C39H38BrF4N3O6S. The van der Waals surface area contributed by atoms with E-state index in [2.05, 4.69) is 27.0 Å². The number of carbonyl (C=O) groups excluding carboxylic acids is 1. The Labute approximate surface area is 318 Å². The second kappa shape index (κ2) is 15.0. The van der Waals surface area contributed by atoms with Crippen LogP contribution in [0.15, 0.2) is 54.9 Å². The zero-order valence-electron chi connectivity index (χ0n) is 29.9.